The SMILES string of the molecule is CCCCCC(=O)N1C[C@H](OC(C)C)C[C@H]1COC(C)C. The van der Waals surface area contributed by atoms with Gasteiger partial charge >= 0.3 is 0 Å². The van der Waals surface area contributed by atoms with E-state index in [0.717, 1.165) is 32.2 Å². The van der Waals surface area contributed by atoms with Gasteiger partial charge in [-0.05, 0) is 40.5 Å². The standard InChI is InChI=1S/C17H33NO3/c1-6-7-8-9-17(19)18-11-16(21-14(4)5)10-15(18)12-20-13(2)3/h13-16H,6-12H2,1-5H3/t15-,16+/m0/s1. The Hall–Kier alpha value is -0.610. The molecule has 0 unspecified atom stereocenters. The van der Waals surface area contributed by atoms with Crippen molar-refractivity contribution in [2.24, 2.45) is 0 Å². The quantitative estimate of drug-likeness (QED) is 0.613. The molecule has 0 aromatic carbocycles. The van der Waals surface area contributed by atoms with Gasteiger partial charge in [0.25, 0.3) is 0 Å². The summed E-state index contributed by atoms with van der Waals surface area (Å²) in [4.78, 5) is 14.4. The summed E-state index contributed by atoms with van der Waals surface area (Å²) in [5, 5.41) is 0. The molecular weight excluding hydrogens is 266 g/mol. The molecule has 0 saturated carbocycles. The predicted octanol–water partition coefficient (Wildman–Crippen LogP) is 3.39. The minimum absolute atomic E-state index is 0.154. The Bertz CT molecular complexity index is 304. The van der Waals surface area contributed by atoms with Crippen molar-refractivity contribution in [2.45, 2.75) is 91.1 Å². The summed E-state index contributed by atoms with van der Waals surface area (Å²) in [6.07, 6.45) is 5.36. The molecule has 0 bridgehead atoms. The van der Waals surface area contributed by atoms with Gasteiger partial charge in [0.05, 0.1) is 31.0 Å². The first kappa shape index (κ1) is 18.4. The molecule has 0 aromatic heterocycles. The lowest BCUT2D eigenvalue weighted by molar-refractivity contribution is -0.134. The maximum absolute atomic E-state index is 12.4. The molecule has 4 heteroatoms. The van der Waals surface area contributed by atoms with E-state index in [4.69, 9.17) is 9.47 Å². The Labute approximate surface area is 130 Å². The molecule has 1 rings (SSSR count). The first-order chi connectivity index (χ1) is 9.93. The van der Waals surface area contributed by atoms with Crippen LogP contribution in [0.5, 0.6) is 0 Å². The van der Waals surface area contributed by atoms with Crippen LogP contribution in [0.15, 0.2) is 0 Å². The molecule has 0 spiro atoms. The van der Waals surface area contributed by atoms with Gasteiger partial charge in [-0.25, -0.2) is 0 Å². The highest BCUT2D eigenvalue weighted by atomic mass is 16.5. The van der Waals surface area contributed by atoms with Crippen LogP contribution in [-0.4, -0.2) is 48.3 Å². The first-order valence-corrected chi connectivity index (χ1v) is 8.50. The number of hydrogen-bond donors (Lipinski definition) is 0. The maximum Gasteiger partial charge on any atom is 0.222 e. The van der Waals surface area contributed by atoms with Crippen LogP contribution in [0.1, 0.15) is 66.7 Å². The fraction of sp³-hybridized carbons (Fsp3) is 0.941. The third-order valence-electron chi connectivity index (χ3n) is 3.78. The van der Waals surface area contributed by atoms with Crippen molar-refractivity contribution < 1.29 is 14.3 Å². The lowest BCUT2D eigenvalue weighted by Gasteiger charge is -2.25. The number of unbranched alkanes of at least 4 members (excludes halogenated alkanes) is 2. The van der Waals surface area contributed by atoms with Crippen molar-refractivity contribution in [3.63, 3.8) is 0 Å². The van der Waals surface area contributed by atoms with E-state index < -0.39 is 0 Å². The molecule has 1 aliphatic heterocycles. The van der Waals surface area contributed by atoms with Gasteiger partial charge in [-0.3, -0.25) is 4.79 Å². The smallest absolute Gasteiger partial charge is 0.222 e. The third-order valence-corrected chi connectivity index (χ3v) is 3.78. The number of likely N-dealkylation sites (tertiary alicyclic amines) is 1. The Kier molecular flexibility index (Phi) is 8.27. The highest BCUT2D eigenvalue weighted by molar-refractivity contribution is 5.76. The zero-order valence-electron chi connectivity index (χ0n) is 14.4. The second-order valence-electron chi connectivity index (χ2n) is 6.58. The van der Waals surface area contributed by atoms with Gasteiger partial charge in [0.15, 0.2) is 0 Å². The van der Waals surface area contributed by atoms with E-state index >= 15 is 0 Å². The van der Waals surface area contributed by atoms with Gasteiger partial charge < -0.3 is 14.4 Å². The largest absolute Gasteiger partial charge is 0.377 e. The number of ether oxygens (including phenoxy) is 2. The van der Waals surface area contributed by atoms with E-state index in [0.29, 0.717) is 13.0 Å². The van der Waals surface area contributed by atoms with E-state index in [2.05, 4.69) is 6.92 Å². The van der Waals surface area contributed by atoms with E-state index in [1.54, 1.807) is 0 Å². The van der Waals surface area contributed by atoms with Gasteiger partial charge in [0.2, 0.25) is 5.91 Å². The van der Waals surface area contributed by atoms with Gasteiger partial charge in [-0.1, -0.05) is 19.8 Å². The number of hydrogen-bond acceptors (Lipinski definition) is 3. The summed E-state index contributed by atoms with van der Waals surface area (Å²) in [5.74, 6) is 0.260. The van der Waals surface area contributed by atoms with Crippen molar-refractivity contribution in [1.29, 1.82) is 0 Å². The Balaban J connectivity index is 2.55. The van der Waals surface area contributed by atoms with Crippen LogP contribution >= 0.6 is 0 Å². The van der Waals surface area contributed by atoms with Crippen LogP contribution in [0.2, 0.25) is 0 Å². The van der Waals surface area contributed by atoms with Gasteiger partial charge in [-0.2, -0.15) is 0 Å². The minimum atomic E-state index is 0.154. The van der Waals surface area contributed by atoms with Gasteiger partial charge in [-0.15, -0.1) is 0 Å². The molecule has 0 N–H and O–H groups in total. The van der Waals surface area contributed by atoms with Gasteiger partial charge in [0, 0.05) is 13.0 Å². The molecule has 1 heterocycles. The van der Waals surface area contributed by atoms with Crippen LogP contribution in [0.3, 0.4) is 0 Å². The molecule has 4 nitrogen and oxygen atoms in total. The van der Waals surface area contributed by atoms with Crippen molar-refractivity contribution in [3.05, 3.63) is 0 Å². The fourth-order valence-electron chi connectivity index (χ4n) is 2.79. The lowest BCUT2D eigenvalue weighted by atomic mass is 10.1. The molecule has 0 radical (unpaired) electrons. The summed E-state index contributed by atoms with van der Waals surface area (Å²) in [6, 6.07) is 0.172. The summed E-state index contributed by atoms with van der Waals surface area (Å²) in [5.41, 5.74) is 0. The highest BCUT2D eigenvalue weighted by Crippen LogP contribution is 2.23. The number of carbonyl (C=O) groups is 1. The van der Waals surface area contributed by atoms with Gasteiger partial charge in [0.1, 0.15) is 0 Å². The molecule has 1 aliphatic rings. The van der Waals surface area contributed by atoms with E-state index in [1.165, 1.54) is 0 Å². The molecule has 1 saturated heterocycles. The Morgan fingerprint density at radius 2 is 1.90 bits per heavy atom. The monoisotopic (exact) mass is 299 g/mol. The number of amides is 1. The Morgan fingerprint density at radius 1 is 1.19 bits per heavy atom. The second kappa shape index (κ2) is 9.42. The van der Waals surface area contributed by atoms with Crippen molar-refractivity contribution in [3.8, 4) is 0 Å². The summed E-state index contributed by atoms with van der Waals surface area (Å²) in [7, 11) is 0. The van der Waals surface area contributed by atoms with E-state index in [9.17, 15) is 4.79 Å². The molecule has 21 heavy (non-hydrogen) atoms. The molecule has 0 aromatic rings. The average Bonchev–Trinajstić information content (AvgIpc) is 2.78. The molecule has 0 aliphatic carbocycles. The van der Waals surface area contributed by atoms with Crippen molar-refractivity contribution >= 4 is 5.91 Å². The van der Waals surface area contributed by atoms with Crippen molar-refractivity contribution in [1.82, 2.24) is 4.90 Å². The molecular formula is C17H33NO3. The molecule has 2 atom stereocenters. The number of rotatable bonds is 9. The minimum Gasteiger partial charge on any atom is -0.377 e. The van der Waals surface area contributed by atoms with Crippen LogP contribution in [-0.2, 0) is 14.3 Å². The van der Waals surface area contributed by atoms with E-state index in [-0.39, 0.29) is 30.3 Å². The topological polar surface area (TPSA) is 38.8 Å². The summed E-state index contributed by atoms with van der Waals surface area (Å²) < 4.78 is 11.6. The Morgan fingerprint density at radius 3 is 2.48 bits per heavy atom. The number of carbonyl (C=O) groups excluding carboxylic acids is 1. The highest BCUT2D eigenvalue weighted by Gasteiger charge is 2.36. The van der Waals surface area contributed by atoms with Crippen LogP contribution in [0.25, 0.3) is 0 Å². The van der Waals surface area contributed by atoms with Crippen molar-refractivity contribution in [2.75, 3.05) is 13.2 Å². The third kappa shape index (κ3) is 6.79. The molecule has 1 fully saturated rings. The zero-order chi connectivity index (χ0) is 15.8. The van der Waals surface area contributed by atoms with Crippen LogP contribution in [0.4, 0.5) is 0 Å². The summed E-state index contributed by atoms with van der Waals surface area (Å²) in [6.45, 7) is 11.7. The van der Waals surface area contributed by atoms with Crippen LogP contribution < -0.4 is 0 Å². The van der Waals surface area contributed by atoms with E-state index in [1.807, 2.05) is 32.6 Å². The molecule has 124 valence electrons. The zero-order valence-corrected chi connectivity index (χ0v) is 14.4. The lowest BCUT2D eigenvalue weighted by Crippen LogP contribution is -2.39. The predicted molar refractivity (Wildman–Crippen MR) is 85.4 cm³/mol. The summed E-state index contributed by atoms with van der Waals surface area (Å²) >= 11 is 0. The second-order valence-corrected chi connectivity index (χ2v) is 6.58. The maximum atomic E-state index is 12.4. The fourth-order valence-corrected chi connectivity index (χ4v) is 2.79. The van der Waals surface area contributed by atoms with Crippen LogP contribution in [0, 0.1) is 0 Å². The average molecular weight is 299 g/mol. The normalized spacial score (nSPS) is 22.5. The first-order valence-electron chi connectivity index (χ1n) is 8.50. The molecule has 1 amide bonds. The number of nitrogens with zero attached hydrogens (tertiary/aromatic N) is 1.